The first-order chi connectivity index (χ1) is 8.94. The molecule has 1 heterocycles. The van der Waals surface area contributed by atoms with Gasteiger partial charge in [-0.2, -0.15) is 0 Å². The van der Waals surface area contributed by atoms with E-state index < -0.39 is 0 Å². The monoisotopic (exact) mass is 327 g/mol. The van der Waals surface area contributed by atoms with Crippen molar-refractivity contribution < 1.29 is 9.47 Å². The number of hydrogen-bond acceptors (Lipinski definition) is 3. The highest BCUT2D eigenvalue weighted by Crippen LogP contribution is 2.21. The first-order valence-corrected chi connectivity index (χ1v) is 7.45. The highest BCUT2D eigenvalue weighted by Gasteiger charge is 2.19. The van der Waals surface area contributed by atoms with E-state index in [4.69, 9.17) is 9.47 Å². The van der Waals surface area contributed by atoms with Crippen LogP contribution >= 0.6 is 15.9 Å². The lowest BCUT2D eigenvalue weighted by atomic mass is 10.1. The molecule has 3 nitrogen and oxygen atoms in total. The fourth-order valence-corrected chi connectivity index (χ4v) is 2.24. The Hall–Kier alpha value is -0.420. The number of ether oxygens (including phenoxy) is 2. The van der Waals surface area contributed by atoms with E-state index >= 15 is 0 Å². The van der Waals surface area contributed by atoms with Gasteiger partial charge in [0.15, 0.2) is 0 Å². The first-order valence-electron chi connectivity index (χ1n) is 6.66. The lowest BCUT2D eigenvalue weighted by Crippen LogP contribution is -2.35. The van der Waals surface area contributed by atoms with Crippen LogP contribution in [0.2, 0.25) is 0 Å². The number of halogens is 1. The van der Waals surface area contributed by atoms with Gasteiger partial charge in [-0.3, -0.25) is 0 Å². The summed E-state index contributed by atoms with van der Waals surface area (Å²) in [6.45, 7) is 9.48. The second-order valence-corrected chi connectivity index (χ2v) is 6.85. The zero-order valence-corrected chi connectivity index (χ0v) is 13.4. The molecule has 1 aromatic carbocycles. The van der Waals surface area contributed by atoms with Crippen LogP contribution in [-0.2, 0) is 22.6 Å². The van der Waals surface area contributed by atoms with E-state index in [1.807, 2.05) is 0 Å². The topological polar surface area (TPSA) is 30.5 Å². The summed E-state index contributed by atoms with van der Waals surface area (Å²) in [5.74, 6) is 0. The predicted molar refractivity (Wildman–Crippen MR) is 80.1 cm³/mol. The maximum absolute atomic E-state index is 5.73. The van der Waals surface area contributed by atoms with Gasteiger partial charge in [0.05, 0.1) is 19.8 Å². The van der Waals surface area contributed by atoms with Crippen molar-refractivity contribution in [2.75, 3.05) is 13.2 Å². The Balaban J connectivity index is 1.88. The van der Waals surface area contributed by atoms with Crippen molar-refractivity contribution in [3.63, 3.8) is 0 Å². The number of hydrogen-bond donors (Lipinski definition) is 1. The largest absolute Gasteiger partial charge is 0.376 e. The van der Waals surface area contributed by atoms with E-state index in [-0.39, 0.29) is 11.6 Å². The van der Waals surface area contributed by atoms with Crippen LogP contribution in [0.4, 0.5) is 0 Å². The molecule has 0 aromatic heterocycles. The smallest absolute Gasteiger partial charge is 0.105 e. The molecule has 0 amide bonds. The summed E-state index contributed by atoms with van der Waals surface area (Å²) in [7, 11) is 0. The van der Waals surface area contributed by atoms with Crippen molar-refractivity contribution in [1.29, 1.82) is 0 Å². The minimum absolute atomic E-state index is 0.137. The number of benzene rings is 1. The second-order valence-electron chi connectivity index (χ2n) is 6.00. The molecule has 106 valence electrons. The molecular formula is C15H22BrNO2. The molecular weight excluding hydrogens is 306 g/mol. The van der Waals surface area contributed by atoms with Crippen LogP contribution in [0.1, 0.15) is 31.9 Å². The standard InChI is InChI=1S/C15H22BrNO2/c1-15(2,3)17-7-11-4-5-12(14(16)6-11)8-19-13-9-18-10-13/h4-6,13,17H,7-10H2,1-3H3. The van der Waals surface area contributed by atoms with Gasteiger partial charge in [-0.25, -0.2) is 0 Å². The molecule has 1 N–H and O–H groups in total. The molecule has 0 aliphatic carbocycles. The van der Waals surface area contributed by atoms with Crippen molar-refractivity contribution in [3.05, 3.63) is 33.8 Å². The van der Waals surface area contributed by atoms with Crippen molar-refractivity contribution >= 4 is 15.9 Å². The maximum atomic E-state index is 5.73. The zero-order chi connectivity index (χ0) is 13.9. The van der Waals surface area contributed by atoms with Gasteiger partial charge in [0, 0.05) is 16.6 Å². The van der Waals surface area contributed by atoms with Crippen LogP contribution in [0.25, 0.3) is 0 Å². The molecule has 1 saturated heterocycles. The van der Waals surface area contributed by atoms with Gasteiger partial charge in [-0.05, 0) is 38.0 Å². The molecule has 0 saturated carbocycles. The molecule has 1 aliphatic heterocycles. The van der Waals surface area contributed by atoms with E-state index in [1.165, 1.54) is 11.1 Å². The van der Waals surface area contributed by atoms with E-state index in [1.54, 1.807) is 0 Å². The third-order valence-corrected chi connectivity index (χ3v) is 3.76. The van der Waals surface area contributed by atoms with E-state index in [0.717, 1.165) is 24.2 Å². The molecule has 0 atom stereocenters. The van der Waals surface area contributed by atoms with Gasteiger partial charge in [-0.1, -0.05) is 28.1 Å². The van der Waals surface area contributed by atoms with Gasteiger partial charge in [-0.15, -0.1) is 0 Å². The van der Waals surface area contributed by atoms with Crippen LogP contribution < -0.4 is 5.32 Å². The third kappa shape index (κ3) is 4.88. The molecule has 1 aliphatic rings. The van der Waals surface area contributed by atoms with Crippen molar-refractivity contribution in [2.24, 2.45) is 0 Å². The average molecular weight is 328 g/mol. The highest BCUT2D eigenvalue weighted by molar-refractivity contribution is 9.10. The van der Waals surface area contributed by atoms with Crippen LogP contribution in [0.3, 0.4) is 0 Å². The molecule has 1 aromatic rings. The van der Waals surface area contributed by atoms with Crippen LogP contribution in [-0.4, -0.2) is 24.9 Å². The third-order valence-electron chi connectivity index (χ3n) is 3.02. The van der Waals surface area contributed by atoms with Crippen LogP contribution in [0.15, 0.2) is 22.7 Å². The number of nitrogens with one attached hydrogen (secondary N) is 1. The Morgan fingerprint density at radius 3 is 2.63 bits per heavy atom. The van der Waals surface area contributed by atoms with Crippen molar-refractivity contribution in [3.8, 4) is 0 Å². The molecule has 0 bridgehead atoms. The summed E-state index contributed by atoms with van der Waals surface area (Å²) in [6, 6.07) is 6.44. The van der Waals surface area contributed by atoms with Gasteiger partial charge in [0.2, 0.25) is 0 Å². The fraction of sp³-hybridized carbons (Fsp3) is 0.600. The summed E-state index contributed by atoms with van der Waals surface area (Å²) in [6.07, 6.45) is 0.272. The van der Waals surface area contributed by atoms with Crippen LogP contribution in [0.5, 0.6) is 0 Å². The fourth-order valence-electron chi connectivity index (χ4n) is 1.70. The number of rotatable bonds is 5. The SMILES string of the molecule is CC(C)(C)NCc1ccc(COC2COC2)c(Br)c1. The lowest BCUT2D eigenvalue weighted by Gasteiger charge is -2.26. The second kappa shape index (κ2) is 6.35. The molecule has 1 fully saturated rings. The maximum Gasteiger partial charge on any atom is 0.105 e. The molecule has 0 spiro atoms. The summed E-state index contributed by atoms with van der Waals surface area (Å²) in [5, 5.41) is 3.48. The molecule has 19 heavy (non-hydrogen) atoms. The van der Waals surface area contributed by atoms with Gasteiger partial charge in [0.1, 0.15) is 6.10 Å². The van der Waals surface area contributed by atoms with Crippen LogP contribution in [0, 0.1) is 0 Å². The Kier molecular flexibility index (Phi) is 5.01. The van der Waals surface area contributed by atoms with Gasteiger partial charge in [0.25, 0.3) is 0 Å². The normalized spacial score (nSPS) is 16.4. The summed E-state index contributed by atoms with van der Waals surface area (Å²) >= 11 is 3.62. The molecule has 2 rings (SSSR count). The van der Waals surface area contributed by atoms with Crippen molar-refractivity contribution in [2.45, 2.75) is 45.6 Å². The van der Waals surface area contributed by atoms with E-state index in [2.05, 4.69) is 60.2 Å². The lowest BCUT2D eigenvalue weighted by molar-refractivity contribution is -0.135. The quantitative estimate of drug-likeness (QED) is 0.900. The van der Waals surface area contributed by atoms with Gasteiger partial charge < -0.3 is 14.8 Å². The minimum Gasteiger partial charge on any atom is -0.376 e. The summed E-state index contributed by atoms with van der Waals surface area (Å²) < 4.78 is 11.9. The summed E-state index contributed by atoms with van der Waals surface area (Å²) in [4.78, 5) is 0. The zero-order valence-electron chi connectivity index (χ0n) is 11.8. The first kappa shape index (κ1) is 15.0. The van der Waals surface area contributed by atoms with Crippen molar-refractivity contribution in [1.82, 2.24) is 5.32 Å². The molecule has 4 heteroatoms. The average Bonchev–Trinajstić information content (AvgIpc) is 2.26. The Morgan fingerprint density at radius 1 is 1.37 bits per heavy atom. The highest BCUT2D eigenvalue weighted by atomic mass is 79.9. The van der Waals surface area contributed by atoms with E-state index in [0.29, 0.717) is 6.61 Å². The Bertz CT molecular complexity index is 425. The minimum atomic E-state index is 0.137. The van der Waals surface area contributed by atoms with E-state index in [9.17, 15) is 0 Å². The molecule has 0 radical (unpaired) electrons. The van der Waals surface area contributed by atoms with Gasteiger partial charge >= 0.3 is 0 Å². The summed E-state index contributed by atoms with van der Waals surface area (Å²) in [5.41, 5.74) is 2.60. The Morgan fingerprint density at radius 2 is 2.11 bits per heavy atom. The predicted octanol–water partition coefficient (Wildman–Crippen LogP) is 3.25. The Labute approximate surface area is 123 Å². The molecule has 0 unspecified atom stereocenters.